The number of ether oxygens (including phenoxy) is 1. The fourth-order valence-corrected chi connectivity index (χ4v) is 7.26. The van der Waals surface area contributed by atoms with Crippen molar-refractivity contribution < 1.29 is 24.2 Å². The number of aliphatic hydroxyl groups excluding tert-OH is 1. The van der Waals surface area contributed by atoms with Crippen molar-refractivity contribution in [3.63, 3.8) is 0 Å². The van der Waals surface area contributed by atoms with E-state index in [-0.39, 0.29) is 42.7 Å². The minimum absolute atomic E-state index is 0.0641. The second-order valence-corrected chi connectivity index (χ2v) is 12.0. The third-order valence-electron chi connectivity index (χ3n) is 9.52. The number of amides is 3. The Balaban J connectivity index is 1.12. The van der Waals surface area contributed by atoms with E-state index in [9.17, 15) is 19.5 Å². The third kappa shape index (κ3) is 4.24. The van der Waals surface area contributed by atoms with Gasteiger partial charge in [0, 0.05) is 36.7 Å². The molecular formula is C34H35N3O5. The maximum absolute atomic E-state index is 14.3. The first-order valence-corrected chi connectivity index (χ1v) is 14.8. The predicted molar refractivity (Wildman–Crippen MR) is 158 cm³/mol. The summed E-state index contributed by atoms with van der Waals surface area (Å²) in [4.78, 5) is 45.3. The van der Waals surface area contributed by atoms with Crippen molar-refractivity contribution in [2.45, 2.75) is 63.4 Å². The normalized spacial score (nSPS) is 26.4. The minimum Gasteiger partial charge on any atom is -0.394 e. The van der Waals surface area contributed by atoms with E-state index < -0.39 is 11.7 Å². The first kappa shape index (κ1) is 26.9. The van der Waals surface area contributed by atoms with Gasteiger partial charge in [-0.1, -0.05) is 61.5 Å². The zero-order chi connectivity index (χ0) is 29.0. The van der Waals surface area contributed by atoms with Gasteiger partial charge in [-0.25, -0.2) is 0 Å². The molecule has 0 aliphatic carbocycles. The Morgan fingerprint density at radius 1 is 1.02 bits per heavy atom. The van der Waals surface area contributed by atoms with Gasteiger partial charge in [-0.3, -0.25) is 14.4 Å². The van der Waals surface area contributed by atoms with E-state index in [1.54, 1.807) is 14.7 Å². The van der Waals surface area contributed by atoms with Gasteiger partial charge < -0.3 is 24.5 Å². The molecule has 1 spiro atoms. The molecular weight excluding hydrogens is 530 g/mol. The van der Waals surface area contributed by atoms with Crippen LogP contribution >= 0.6 is 0 Å². The Bertz CT molecular complexity index is 1570. The molecule has 0 radical (unpaired) electrons. The van der Waals surface area contributed by atoms with Gasteiger partial charge >= 0.3 is 0 Å². The molecule has 2 saturated heterocycles. The molecule has 8 nitrogen and oxygen atoms in total. The molecule has 1 N–H and O–H groups in total. The van der Waals surface area contributed by atoms with Crippen LogP contribution in [0.4, 0.5) is 11.4 Å². The summed E-state index contributed by atoms with van der Waals surface area (Å²) in [7, 11) is 0. The summed E-state index contributed by atoms with van der Waals surface area (Å²) in [5, 5.41) is 10.1. The largest absolute Gasteiger partial charge is 0.394 e. The maximum atomic E-state index is 14.3. The van der Waals surface area contributed by atoms with Gasteiger partial charge in [0.2, 0.25) is 11.8 Å². The molecule has 0 bridgehead atoms. The molecule has 3 amide bonds. The van der Waals surface area contributed by atoms with E-state index in [1.807, 2.05) is 73.7 Å². The van der Waals surface area contributed by atoms with E-state index >= 15 is 0 Å². The Kier molecular flexibility index (Phi) is 6.63. The first-order valence-electron chi connectivity index (χ1n) is 14.8. The molecule has 42 heavy (non-hydrogen) atoms. The van der Waals surface area contributed by atoms with Gasteiger partial charge in [-0.15, -0.1) is 0 Å². The molecule has 0 aromatic heterocycles. The number of rotatable bonds is 6. The highest BCUT2D eigenvalue weighted by Crippen LogP contribution is 2.54. The van der Waals surface area contributed by atoms with Gasteiger partial charge in [0.15, 0.2) is 5.60 Å². The number of β-lactam (4-membered cyclic amide) rings is 1. The van der Waals surface area contributed by atoms with Crippen molar-refractivity contribution in [3.05, 3.63) is 95.1 Å². The second kappa shape index (κ2) is 10.4. The quantitative estimate of drug-likeness (QED) is 0.458. The van der Waals surface area contributed by atoms with Crippen LogP contribution in [-0.4, -0.2) is 53.0 Å². The van der Waals surface area contributed by atoms with Crippen molar-refractivity contribution in [2.75, 3.05) is 23.0 Å². The molecule has 4 heterocycles. The fraction of sp³-hybridized carbons (Fsp3) is 0.382. The van der Waals surface area contributed by atoms with Crippen LogP contribution in [0.5, 0.6) is 0 Å². The average Bonchev–Trinajstić information content (AvgIpc) is 3.45. The number of fused-ring (bicyclic) bond motifs is 3. The lowest BCUT2D eigenvalue weighted by molar-refractivity contribution is -0.151. The SMILES string of the molecule is C[C@H]1C[C@@H](CC(=O)N2Cc3ccccc3C[C@H]2CO)O[C@]12C(=O)N(Cc1cccc(N3CCC3=O)c1)c1ccccc12. The lowest BCUT2D eigenvalue weighted by Crippen LogP contribution is -2.47. The monoisotopic (exact) mass is 565 g/mol. The topological polar surface area (TPSA) is 90.4 Å². The number of para-hydroxylation sites is 1. The Labute approximate surface area is 245 Å². The van der Waals surface area contributed by atoms with Crippen LogP contribution in [0.2, 0.25) is 0 Å². The number of anilines is 2. The summed E-state index contributed by atoms with van der Waals surface area (Å²) >= 11 is 0. The highest BCUT2D eigenvalue weighted by Gasteiger charge is 2.60. The summed E-state index contributed by atoms with van der Waals surface area (Å²) in [5.74, 6) is -0.196. The number of carbonyl (C=O) groups excluding carboxylic acids is 3. The summed E-state index contributed by atoms with van der Waals surface area (Å²) in [5.41, 5.74) is 4.56. The number of nitrogens with zero attached hydrogens (tertiary/aromatic N) is 3. The van der Waals surface area contributed by atoms with Crippen LogP contribution in [-0.2, 0) is 44.2 Å². The van der Waals surface area contributed by atoms with Gasteiger partial charge in [0.1, 0.15) is 0 Å². The lowest BCUT2D eigenvalue weighted by Gasteiger charge is -2.36. The zero-order valence-corrected chi connectivity index (χ0v) is 23.7. The molecule has 4 atom stereocenters. The standard InChI is InChI=1S/C34H35N3O5/c1-22-15-28(18-32(40)36-20-25-9-3-2-8-24(25)17-27(36)21-38)42-34(22)29-11-4-5-12-30(29)37(33(34)41)19-23-7-6-10-26(16-23)35-14-13-31(35)39/h2-12,16,22,27-28,38H,13-15,17-21H2,1H3/t22-,27-,28-,34+/m0/s1. The molecule has 3 aromatic carbocycles. The first-order chi connectivity index (χ1) is 20.4. The van der Waals surface area contributed by atoms with Crippen LogP contribution in [0.15, 0.2) is 72.8 Å². The van der Waals surface area contributed by atoms with Crippen LogP contribution in [0.25, 0.3) is 0 Å². The van der Waals surface area contributed by atoms with E-state index in [0.717, 1.165) is 28.1 Å². The average molecular weight is 566 g/mol. The molecule has 8 heteroatoms. The molecule has 2 fully saturated rings. The van der Waals surface area contributed by atoms with Crippen molar-refractivity contribution in [1.29, 1.82) is 0 Å². The number of benzene rings is 3. The van der Waals surface area contributed by atoms with Gasteiger partial charge in [0.25, 0.3) is 5.91 Å². The number of carbonyl (C=O) groups is 3. The van der Waals surface area contributed by atoms with Crippen molar-refractivity contribution in [1.82, 2.24) is 4.90 Å². The Hall–Kier alpha value is -4.01. The predicted octanol–water partition coefficient (Wildman–Crippen LogP) is 3.93. The van der Waals surface area contributed by atoms with Crippen molar-refractivity contribution in [2.24, 2.45) is 5.92 Å². The second-order valence-electron chi connectivity index (χ2n) is 12.0. The molecule has 4 aliphatic rings. The zero-order valence-electron chi connectivity index (χ0n) is 23.7. The Morgan fingerprint density at radius 2 is 1.81 bits per heavy atom. The van der Waals surface area contributed by atoms with Crippen molar-refractivity contribution in [3.8, 4) is 0 Å². The minimum atomic E-state index is -1.16. The number of hydrogen-bond donors (Lipinski definition) is 1. The van der Waals surface area contributed by atoms with Crippen LogP contribution < -0.4 is 9.80 Å². The van der Waals surface area contributed by atoms with Gasteiger partial charge in [0.05, 0.1) is 37.4 Å². The molecule has 3 aromatic rings. The van der Waals surface area contributed by atoms with Crippen LogP contribution in [0.1, 0.15) is 48.4 Å². The van der Waals surface area contributed by atoms with Crippen LogP contribution in [0, 0.1) is 5.92 Å². The van der Waals surface area contributed by atoms with E-state index in [1.165, 1.54) is 5.56 Å². The van der Waals surface area contributed by atoms with E-state index in [2.05, 4.69) is 6.07 Å². The van der Waals surface area contributed by atoms with Crippen molar-refractivity contribution >= 4 is 29.1 Å². The molecule has 0 unspecified atom stereocenters. The summed E-state index contributed by atoms with van der Waals surface area (Å²) in [6, 6.07) is 23.4. The van der Waals surface area contributed by atoms with Crippen LogP contribution in [0.3, 0.4) is 0 Å². The molecule has 216 valence electrons. The molecule has 0 saturated carbocycles. The van der Waals surface area contributed by atoms with E-state index in [4.69, 9.17) is 4.74 Å². The summed E-state index contributed by atoms with van der Waals surface area (Å²) in [6.45, 7) is 3.47. The number of aliphatic hydroxyl groups is 1. The molecule has 7 rings (SSSR count). The smallest absolute Gasteiger partial charge is 0.264 e. The maximum Gasteiger partial charge on any atom is 0.264 e. The number of hydrogen-bond acceptors (Lipinski definition) is 5. The van der Waals surface area contributed by atoms with Gasteiger partial charge in [-0.05, 0) is 47.7 Å². The highest BCUT2D eigenvalue weighted by molar-refractivity contribution is 6.07. The highest BCUT2D eigenvalue weighted by atomic mass is 16.5. The third-order valence-corrected chi connectivity index (χ3v) is 9.52. The lowest BCUT2D eigenvalue weighted by atomic mass is 9.83. The van der Waals surface area contributed by atoms with E-state index in [0.29, 0.717) is 38.9 Å². The fourth-order valence-electron chi connectivity index (χ4n) is 7.26. The summed E-state index contributed by atoms with van der Waals surface area (Å²) < 4.78 is 6.68. The summed E-state index contributed by atoms with van der Waals surface area (Å²) in [6.07, 6.45) is 1.52. The van der Waals surface area contributed by atoms with Gasteiger partial charge in [-0.2, -0.15) is 0 Å². The molecule has 4 aliphatic heterocycles. The Morgan fingerprint density at radius 3 is 2.57 bits per heavy atom.